The molecule has 1 aromatic rings. The smallest absolute Gasteiger partial charge is 0.269 e. The van der Waals surface area contributed by atoms with Crippen LogP contribution < -0.4 is 0 Å². The maximum atomic E-state index is 12.2. The lowest BCUT2D eigenvalue weighted by Crippen LogP contribution is -2.42. The molecule has 0 aliphatic rings. The number of quaternary nitrogens is 1. The van der Waals surface area contributed by atoms with E-state index in [1.165, 1.54) is 29.7 Å². The van der Waals surface area contributed by atoms with Crippen LogP contribution in [0.2, 0.25) is 0 Å². The average Bonchev–Trinajstić information content (AvgIpc) is 2.49. The van der Waals surface area contributed by atoms with Crippen LogP contribution in [0.5, 0.6) is 0 Å². The van der Waals surface area contributed by atoms with E-state index in [0.717, 1.165) is 19.6 Å². The fraction of sp³-hybridized carbons (Fsp3) is 0.429. The van der Waals surface area contributed by atoms with E-state index in [4.69, 9.17) is 0 Å². The highest BCUT2D eigenvalue weighted by Crippen LogP contribution is 2.18. The van der Waals surface area contributed by atoms with Crippen LogP contribution in [0, 0.1) is 10.1 Å². The minimum Gasteiger partial charge on any atom is -0.297 e. The van der Waals surface area contributed by atoms with Crippen LogP contribution in [0.25, 0.3) is 0 Å². The maximum Gasteiger partial charge on any atom is 0.269 e. The molecule has 0 N–H and O–H groups in total. The summed E-state index contributed by atoms with van der Waals surface area (Å²) in [7, 11) is -3.58. The molecule has 0 fully saturated rings. The fourth-order valence-electron chi connectivity index (χ4n) is 2.03. The Morgan fingerprint density at radius 1 is 1.10 bits per heavy atom. The van der Waals surface area contributed by atoms with Crippen molar-refractivity contribution in [3.05, 3.63) is 46.0 Å². The summed E-state index contributed by atoms with van der Waals surface area (Å²) in [4.78, 5) is 10.1. The lowest BCUT2D eigenvalue weighted by atomic mass is 10.3. The molecule has 7 heteroatoms. The molecule has 0 aromatic heterocycles. The first-order chi connectivity index (χ1) is 9.80. The summed E-state index contributed by atoms with van der Waals surface area (Å²) in [6.45, 7) is 8.44. The fourth-order valence-corrected chi connectivity index (χ4v) is 3.12. The van der Waals surface area contributed by atoms with Crippen molar-refractivity contribution in [2.75, 3.05) is 19.6 Å². The second-order valence-corrected chi connectivity index (χ2v) is 6.58. The third-order valence-corrected chi connectivity index (χ3v) is 5.23. The van der Waals surface area contributed by atoms with Crippen molar-refractivity contribution in [1.82, 2.24) is 0 Å². The SMILES string of the molecule is CC[N+](C=CS(=O)(=O)c1ccc([N+](=O)[O-])cc1)(CC)CC. The molecule has 1 aromatic carbocycles. The van der Waals surface area contributed by atoms with Crippen LogP contribution in [0.3, 0.4) is 0 Å². The zero-order chi connectivity index (χ0) is 16.1. The van der Waals surface area contributed by atoms with Gasteiger partial charge >= 0.3 is 0 Å². The minimum absolute atomic E-state index is 0.0609. The number of nitro benzene ring substituents is 1. The van der Waals surface area contributed by atoms with Gasteiger partial charge in [-0.05, 0) is 32.9 Å². The van der Waals surface area contributed by atoms with Crippen molar-refractivity contribution in [2.45, 2.75) is 25.7 Å². The Labute approximate surface area is 125 Å². The second-order valence-electron chi connectivity index (χ2n) is 4.75. The van der Waals surface area contributed by atoms with Crippen LogP contribution >= 0.6 is 0 Å². The summed E-state index contributed by atoms with van der Waals surface area (Å²) in [6.07, 6.45) is 1.69. The molecule has 0 spiro atoms. The molecule has 116 valence electrons. The van der Waals surface area contributed by atoms with Gasteiger partial charge in [0.25, 0.3) is 5.69 Å². The molecule has 0 aliphatic heterocycles. The van der Waals surface area contributed by atoms with Crippen LogP contribution in [0.4, 0.5) is 5.69 Å². The Balaban J connectivity index is 3.08. The lowest BCUT2D eigenvalue weighted by molar-refractivity contribution is -0.874. The molecule has 0 unspecified atom stereocenters. The van der Waals surface area contributed by atoms with Gasteiger partial charge < -0.3 is 0 Å². The van der Waals surface area contributed by atoms with Crippen LogP contribution in [0.1, 0.15) is 20.8 Å². The Hall–Kier alpha value is -1.73. The van der Waals surface area contributed by atoms with Gasteiger partial charge in [0.2, 0.25) is 9.84 Å². The summed E-state index contributed by atoms with van der Waals surface area (Å²) in [5.74, 6) is 0. The van der Waals surface area contributed by atoms with Crippen molar-refractivity contribution in [3.8, 4) is 0 Å². The number of rotatable bonds is 7. The molecule has 1 rings (SSSR count). The Kier molecular flexibility index (Phi) is 5.62. The number of nitro groups is 1. The highest BCUT2D eigenvalue weighted by atomic mass is 32.2. The Morgan fingerprint density at radius 3 is 1.95 bits per heavy atom. The first kappa shape index (κ1) is 17.3. The third kappa shape index (κ3) is 4.12. The van der Waals surface area contributed by atoms with E-state index in [-0.39, 0.29) is 10.6 Å². The van der Waals surface area contributed by atoms with E-state index in [2.05, 4.69) is 0 Å². The van der Waals surface area contributed by atoms with Crippen molar-refractivity contribution in [1.29, 1.82) is 0 Å². The molecule has 0 heterocycles. The predicted octanol–water partition coefficient (Wildman–Crippen LogP) is 2.72. The normalized spacial score (nSPS) is 12.7. The zero-order valence-corrected chi connectivity index (χ0v) is 13.3. The van der Waals surface area contributed by atoms with Crippen LogP contribution in [-0.4, -0.2) is 37.5 Å². The maximum absolute atomic E-state index is 12.2. The zero-order valence-electron chi connectivity index (χ0n) is 12.5. The molecular weight excluding hydrogens is 292 g/mol. The van der Waals surface area contributed by atoms with Gasteiger partial charge in [0.1, 0.15) is 6.20 Å². The molecule has 0 atom stereocenters. The average molecular weight is 313 g/mol. The lowest BCUT2D eigenvalue weighted by Gasteiger charge is -2.31. The number of hydrogen-bond donors (Lipinski definition) is 0. The minimum atomic E-state index is -3.58. The number of non-ortho nitro benzene ring substituents is 1. The predicted molar refractivity (Wildman–Crippen MR) is 81.3 cm³/mol. The van der Waals surface area contributed by atoms with Gasteiger partial charge in [0.15, 0.2) is 0 Å². The number of nitrogens with zero attached hydrogens (tertiary/aromatic N) is 2. The van der Waals surface area contributed by atoms with E-state index >= 15 is 0 Å². The summed E-state index contributed by atoms with van der Waals surface area (Å²) >= 11 is 0. The number of benzene rings is 1. The van der Waals surface area contributed by atoms with Crippen molar-refractivity contribution >= 4 is 15.5 Å². The third-order valence-electron chi connectivity index (χ3n) is 3.82. The summed E-state index contributed by atoms with van der Waals surface area (Å²) in [5.41, 5.74) is -0.126. The standard InChI is InChI=1S/C14H21N2O4S/c1-4-16(5-2,6-3)11-12-21(19,20)14-9-7-13(8-10-14)15(17)18/h7-12H,4-6H2,1-3H3/q+1. The van der Waals surface area contributed by atoms with Gasteiger partial charge in [-0.2, -0.15) is 0 Å². The van der Waals surface area contributed by atoms with E-state index in [1.54, 1.807) is 6.20 Å². The molecule has 21 heavy (non-hydrogen) atoms. The van der Waals surface area contributed by atoms with Crippen LogP contribution in [-0.2, 0) is 9.84 Å². The van der Waals surface area contributed by atoms with E-state index < -0.39 is 14.8 Å². The molecule has 0 aliphatic carbocycles. The molecule has 0 radical (unpaired) electrons. The molecule has 6 nitrogen and oxygen atoms in total. The van der Waals surface area contributed by atoms with E-state index in [9.17, 15) is 18.5 Å². The first-order valence-electron chi connectivity index (χ1n) is 6.84. The molecule has 0 saturated carbocycles. The van der Waals surface area contributed by atoms with Gasteiger partial charge in [-0.15, -0.1) is 0 Å². The van der Waals surface area contributed by atoms with Gasteiger partial charge in [0, 0.05) is 12.1 Å². The van der Waals surface area contributed by atoms with Gasteiger partial charge in [0.05, 0.1) is 34.9 Å². The molecule has 0 amide bonds. The van der Waals surface area contributed by atoms with E-state index in [0.29, 0.717) is 4.48 Å². The summed E-state index contributed by atoms with van der Waals surface area (Å²) < 4.78 is 25.1. The van der Waals surface area contributed by atoms with E-state index in [1.807, 2.05) is 20.8 Å². The number of sulfone groups is 1. The molecule has 0 saturated heterocycles. The van der Waals surface area contributed by atoms with Crippen LogP contribution in [0.15, 0.2) is 40.8 Å². The summed E-state index contributed by atoms with van der Waals surface area (Å²) in [6, 6.07) is 4.91. The monoisotopic (exact) mass is 313 g/mol. The van der Waals surface area contributed by atoms with Gasteiger partial charge in [-0.3, -0.25) is 14.6 Å². The summed E-state index contributed by atoms with van der Waals surface area (Å²) in [5, 5.41) is 11.8. The highest BCUT2D eigenvalue weighted by Gasteiger charge is 2.20. The molecular formula is C14H21N2O4S+. The van der Waals surface area contributed by atoms with Gasteiger partial charge in [-0.25, -0.2) is 8.42 Å². The Morgan fingerprint density at radius 2 is 1.57 bits per heavy atom. The Bertz CT molecular complexity index is 609. The van der Waals surface area contributed by atoms with Crippen molar-refractivity contribution < 1.29 is 17.8 Å². The largest absolute Gasteiger partial charge is 0.297 e. The quantitative estimate of drug-likeness (QED) is 0.440. The first-order valence-corrected chi connectivity index (χ1v) is 8.39. The van der Waals surface area contributed by atoms with Gasteiger partial charge in [-0.1, -0.05) is 0 Å². The molecule has 0 bridgehead atoms. The topological polar surface area (TPSA) is 77.3 Å². The van der Waals surface area contributed by atoms with Crippen molar-refractivity contribution in [2.24, 2.45) is 0 Å². The van der Waals surface area contributed by atoms with Crippen molar-refractivity contribution in [3.63, 3.8) is 0 Å². The highest BCUT2D eigenvalue weighted by molar-refractivity contribution is 7.94. The second kappa shape index (κ2) is 6.82. The number of hydrogen-bond acceptors (Lipinski definition) is 4.